The van der Waals surface area contributed by atoms with Crippen LogP contribution in [0.4, 0.5) is 11.5 Å². The molecule has 19 heavy (non-hydrogen) atoms. The van der Waals surface area contributed by atoms with Gasteiger partial charge in [0.25, 0.3) is 0 Å². The van der Waals surface area contributed by atoms with Crippen molar-refractivity contribution < 1.29 is 4.74 Å². The molecule has 0 fully saturated rings. The molecule has 100 valence electrons. The highest BCUT2D eigenvalue weighted by atomic mass is 79.9. The Morgan fingerprint density at radius 3 is 2.58 bits per heavy atom. The highest BCUT2D eigenvalue weighted by molar-refractivity contribution is 9.11. The molecule has 1 aromatic carbocycles. The molecule has 1 heterocycles. The largest absolute Gasteiger partial charge is 0.494 e. The number of nitrogens with zero attached hydrogens (tertiary/aromatic N) is 1. The zero-order valence-corrected chi connectivity index (χ0v) is 13.7. The van der Waals surface area contributed by atoms with Gasteiger partial charge >= 0.3 is 0 Å². The van der Waals surface area contributed by atoms with E-state index in [4.69, 9.17) is 4.74 Å². The average molecular weight is 386 g/mol. The Balaban J connectivity index is 2.06. The Hall–Kier alpha value is -1.07. The van der Waals surface area contributed by atoms with Crippen molar-refractivity contribution in [2.75, 3.05) is 11.9 Å². The standard InChI is InChI=1S/C14H14Br2N2O/c1-2-7-19-12-5-3-11(4-6-12)18-14-13(16)8-10(15)9-17-14/h3-6,8-9H,2,7H2,1H3,(H,17,18). The lowest BCUT2D eigenvalue weighted by atomic mass is 10.3. The average Bonchev–Trinajstić information content (AvgIpc) is 2.41. The number of aromatic nitrogens is 1. The molecule has 2 rings (SSSR count). The summed E-state index contributed by atoms with van der Waals surface area (Å²) in [4.78, 5) is 4.31. The third-order valence-corrected chi connectivity index (χ3v) is 3.44. The molecule has 0 saturated carbocycles. The number of ether oxygens (including phenoxy) is 1. The molecule has 0 atom stereocenters. The van der Waals surface area contributed by atoms with Crippen molar-refractivity contribution >= 4 is 43.4 Å². The van der Waals surface area contributed by atoms with Crippen molar-refractivity contribution in [2.45, 2.75) is 13.3 Å². The van der Waals surface area contributed by atoms with E-state index in [0.29, 0.717) is 0 Å². The molecule has 0 spiro atoms. The monoisotopic (exact) mass is 384 g/mol. The molecule has 0 aliphatic heterocycles. The summed E-state index contributed by atoms with van der Waals surface area (Å²) in [5, 5.41) is 3.25. The Kier molecular flexibility index (Phi) is 5.22. The van der Waals surface area contributed by atoms with E-state index in [1.165, 1.54) is 0 Å². The Labute approximate surface area is 129 Å². The van der Waals surface area contributed by atoms with Crippen molar-refractivity contribution in [1.29, 1.82) is 0 Å². The number of anilines is 2. The molecule has 5 heteroatoms. The SMILES string of the molecule is CCCOc1ccc(Nc2ncc(Br)cc2Br)cc1. The van der Waals surface area contributed by atoms with Gasteiger partial charge in [-0.3, -0.25) is 0 Å². The van der Waals surface area contributed by atoms with E-state index in [1.807, 2.05) is 30.3 Å². The quantitative estimate of drug-likeness (QED) is 0.773. The van der Waals surface area contributed by atoms with Crippen LogP contribution in [-0.2, 0) is 0 Å². The number of nitrogens with one attached hydrogen (secondary N) is 1. The van der Waals surface area contributed by atoms with Crippen LogP contribution >= 0.6 is 31.9 Å². The summed E-state index contributed by atoms with van der Waals surface area (Å²) < 4.78 is 7.39. The van der Waals surface area contributed by atoms with Gasteiger partial charge in [-0.15, -0.1) is 0 Å². The van der Waals surface area contributed by atoms with Crippen LogP contribution in [0, 0.1) is 0 Å². The molecule has 3 nitrogen and oxygen atoms in total. The van der Waals surface area contributed by atoms with Gasteiger partial charge < -0.3 is 10.1 Å². The van der Waals surface area contributed by atoms with E-state index in [-0.39, 0.29) is 0 Å². The lowest BCUT2D eigenvalue weighted by Crippen LogP contribution is -1.96. The first kappa shape index (κ1) is 14.3. The first-order chi connectivity index (χ1) is 9.19. The molecule has 0 amide bonds. The van der Waals surface area contributed by atoms with Crippen LogP contribution in [0.15, 0.2) is 45.5 Å². The normalized spacial score (nSPS) is 10.3. The second-order valence-corrected chi connectivity index (χ2v) is 5.75. The van der Waals surface area contributed by atoms with E-state index >= 15 is 0 Å². The topological polar surface area (TPSA) is 34.1 Å². The van der Waals surface area contributed by atoms with Gasteiger partial charge in [-0.1, -0.05) is 6.92 Å². The molecule has 1 N–H and O–H groups in total. The van der Waals surface area contributed by atoms with Gasteiger partial charge in [0.2, 0.25) is 0 Å². The van der Waals surface area contributed by atoms with Crippen LogP contribution in [-0.4, -0.2) is 11.6 Å². The summed E-state index contributed by atoms with van der Waals surface area (Å²) >= 11 is 6.85. The molecular weight excluding hydrogens is 372 g/mol. The maximum absolute atomic E-state index is 5.54. The summed E-state index contributed by atoms with van der Waals surface area (Å²) in [7, 11) is 0. The summed E-state index contributed by atoms with van der Waals surface area (Å²) in [6, 6.07) is 9.80. The Bertz CT molecular complexity index is 544. The first-order valence-corrected chi connectivity index (χ1v) is 7.58. The lowest BCUT2D eigenvalue weighted by molar-refractivity contribution is 0.317. The van der Waals surface area contributed by atoms with Crippen molar-refractivity contribution in [3.8, 4) is 5.75 Å². The minimum absolute atomic E-state index is 0.743. The fourth-order valence-electron chi connectivity index (χ4n) is 1.50. The van der Waals surface area contributed by atoms with Crippen molar-refractivity contribution in [3.63, 3.8) is 0 Å². The van der Waals surface area contributed by atoms with E-state index in [2.05, 4.69) is 49.1 Å². The van der Waals surface area contributed by atoms with Crippen LogP contribution < -0.4 is 10.1 Å². The molecule has 0 saturated heterocycles. The molecule has 0 aliphatic carbocycles. The number of hydrogen-bond donors (Lipinski definition) is 1. The van der Waals surface area contributed by atoms with Crippen molar-refractivity contribution in [1.82, 2.24) is 4.98 Å². The molecule has 0 bridgehead atoms. The highest BCUT2D eigenvalue weighted by Gasteiger charge is 2.03. The van der Waals surface area contributed by atoms with E-state index < -0.39 is 0 Å². The van der Waals surface area contributed by atoms with Gasteiger partial charge in [0.1, 0.15) is 11.6 Å². The molecule has 0 aliphatic rings. The lowest BCUT2D eigenvalue weighted by Gasteiger charge is -2.09. The van der Waals surface area contributed by atoms with Gasteiger partial charge in [-0.25, -0.2) is 4.98 Å². The zero-order valence-electron chi connectivity index (χ0n) is 10.5. The summed E-state index contributed by atoms with van der Waals surface area (Å²) in [6.45, 7) is 2.83. The van der Waals surface area contributed by atoms with Crippen LogP contribution in [0.25, 0.3) is 0 Å². The Morgan fingerprint density at radius 1 is 1.21 bits per heavy atom. The number of rotatable bonds is 5. The minimum atomic E-state index is 0.743. The molecule has 2 aromatic rings. The van der Waals surface area contributed by atoms with Crippen LogP contribution in [0.1, 0.15) is 13.3 Å². The second-order valence-electron chi connectivity index (χ2n) is 3.98. The number of benzene rings is 1. The zero-order chi connectivity index (χ0) is 13.7. The van der Waals surface area contributed by atoms with Gasteiger partial charge in [-0.2, -0.15) is 0 Å². The molecule has 0 unspecified atom stereocenters. The fourth-order valence-corrected chi connectivity index (χ4v) is 2.58. The predicted molar refractivity (Wildman–Crippen MR) is 85.1 cm³/mol. The summed E-state index contributed by atoms with van der Waals surface area (Å²) in [5.41, 5.74) is 0.972. The van der Waals surface area contributed by atoms with E-state index in [9.17, 15) is 0 Å². The number of halogens is 2. The molecular formula is C14H14Br2N2O. The Morgan fingerprint density at radius 2 is 1.95 bits per heavy atom. The van der Waals surface area contributed by atoms with Crippen LogP contribution in [0.5, 0.6) is 5.75 Å². The number of pyridine rings is 1. The van der Waals surface area contributed by atoms with Gasteiger partial charge in [0.05, 0.1) is 11.1 Å². The predicted octanol–water partition coefficient (Wildman–Crippen LogP) is 5.14. The third-order valence-electron chi connectivity index (χ3n) is 2.40. The maximum atomic E-state index is 5.54. The molecule has 1 aromatic heterocycles. The van der Waals surface area contributed by atoms with E-state index in [0.717, 1.165) is 39.2 Å². The fraction of sp³-hybridized carbons (Fsp3) is 0.214. The van der Waals surface area contributed by atoms with E-state index in [1.54, 1.807) is 6.20 Å². The van der Waals surface area contributed by atoms with Crippen molar-refractivity contribution in [3.05, 3.63) is 45.5 Å². The highest BCUT2D eigenvalue weighted by Crippen LogP contribution is 2.27. The number of hydrogen-bond acceptors (Lipinski definition) is 3. The van der Waals surface area contributed by atoms with Gasteiger partial charge in [0, 0.05) is 16.4 Å². The van der Waals surface area contributed by atoms with Gasteiger partial charge in [-0.05, 0) is 68.6 Å². The van der Waals surface area contributed by atoms with Gasteiger partial charge in [0.15, 0.2) is 0 Å². The second kappa shape index (κ2) is 6.91. The first-order valence-electron chi connectivity index (χ1n) is 6.00. The summed E-state index contributed by atoms with van der Waals surface area (Å²) in [5.74, 6) is 1.67. The minimum Gasteiger partial charge on any atom is -0.494 e. The summed E-state index contributed by atoms with van der Waals surface area (Å²) in [6.07, 6.45) is 2.77. The van der Waals surface area contributed by atoms with Crippen LogP contribution in [0.2, 0.25) is 0 Å². The smallest absolute Gasteiger partial charge is 0.144 e. The maximum Gasteiger partial charge on any atom is 0.144 e. The van der Waals surface area contributed by atoms with Crippen molar-refractivity contribution in [2.24, 2.45) is 0 Å². The third kappa shape index (κ3) is 4.21. The van der Waals surface area contributed by atoms with Crippen LogP contribution in [0.3, 0.4) is 0 Å². The molecule has 0 radical (unpaired) electrons.